The maximum absolute atomic E-state index is 10.5. The van der Waals surface area contributed by atoms with E-state index in [2.05, 4.69) is 4.98 Å². The first kappa shape index (κ1) is 13.0. The normalized spacial score (nSPS) is 14.1. The predicted molar refractivity (Wildman–Crippen MR) is 74.5 cm³/mol. The largest absolute Gasteiger partial charge is 0.386 e. The lowest BCUT2D eigenvalue weighted by atomic mass is 9.90. The van der Waals surface area contributed by atoms with E-state index < -0.39 is 6.10 Å². The van der Waals surface area contributed by atoms with Crippen molar-refractivity contribution in [2.45, 2.75) is 25.5 Å². The van der Waals surface area contributed by atoms with Crippen molar-refractivity contribution in [1.82, 2.24) is 9.88 Å². The van der Waals surface area contributed by atoms with Crippen molar-refractivity contribution in [3.8, 4) is 0 Å². The van der Waals surface area contributed by atoms with Gasteiger partial charge in [0, 0.05) is 17.1 Å². The minimum absolute atomic E-state index is 0.317. The minimum Gasteiger partial charge on any atom is -0.386 e. The summed E-state index contributed by atoms with van der Waals surface area (Å²) in [5.41, 5.74) is 1.51. The van der Waals surface area contributed by atoms with Crippen molar-refractivity contribution < 1.29 is 5.11 Å². The van der Waals surface area contributed by atoms with E-state index in [4.69, 9.17) is 0 Å². The molecule has 0 saturated carbocycles. The van der Waals surface area contributed by atoms with E-state index in [-0.39, 0.29) is 5.54 Å². The zero-order valence-corrected chi connectivity index (χ0v) is 11.4. The van der Waals surface area contributed by atoms with Gasteiger partial charge in [-0.05, 0) is 45.6 Å². The summed E-state index contributed by atoms with van der Waals surface area (Å²) in [5.74, 6) is 0. The Bertz CT molecular complexity index is 549. The van der Waals surface area contributed by atoms with E-state index in [0.717, 1.165) is 16.5 Å². The molecule has 0 aliphatic rings. The van der Waals surface area contributed by atoms with Gasteiger partial charge in [0.1, 0.15) is 0 Å². The summed E-state index contributed by atoms with van der Waals surface area (Å²) in [7, 11) is 3.95. The predicted octanol–water partition coefficient (Wildman–Crippen LogP) is 2.61. The van der Waals surface area contributed by atoms with Gasteiger partial charge in [-0.1, -0.05) is 18.2 Å². The monoisotopic (exact) mass is 244 g/mol. The zero-order valence-electron chi connectivity index (χ0n) is 11.4. The third-order valence-electron chi connectivity index (χ3n) is 3.77. The third-order valence-corrected chi connectivity index (χ3v) is 3.77. The Hall–Kier alpha value is -1.45. The lowest BCUT2D eigenvalue weighted by Gasteiger charge is -2.37. The first-order valence-electron chi connectivity index (χ1n) is 6.13. The molecule has 1 N–H and O–H groups in total. The van der Waals surface area contributed by atoms with Crippen LogP contribution in [0.2, 0.25) is 0 Å². The van der Waals surface area contributed by atoms with Crippen LogP contribution in [0.4, 0.5) is 0 Å². The quantitative estimate of drug-likeness (QED) is 0.901. The molecule has 0 fully saturated rings. The molecule has 3 heteroatoms. The summed E-state index contributed by atoms with van der Waals surface area (Å²) >= 11 is 0. The van der Waals surface area contributed by atoms with E-state index in [1.807, 2.05) is 63.2 Å². The van der Waals surface area contributed by atoms with Gasteiger partial charge in [0.15, 0.2) is 0 Å². The molecule has 18 heavy (non-hydrogen) atoms. The Balaban J connectivity index is 2.42. The number of likely N-dealkylation sites (N-methyl/N-ethyl adjacent to an activating group) is 1. The van der Waals surface area contributed by atoms with Gasteiger partial charge in [0.25, 0.3) is 0 Å². The van der Waals surface area contributed by atoms with E-state index in [1.54, 1.807) is 6.20 Å². The molecule has 2 aromatic rings. The summed E-state index contributed by atoms with van der Waals surface area (Å²) in [6.45, 7) is 4.06. The van der Waals surface area contributed by atoms with Crippen LogP contribution >= 0.6 is 0 Å². The molecule has 3 nitrogen and oxygen atoms in total. The van der Waals surface area contributed by atoms with Gasteiger partial charge in [0.2, 0.25) is 0 Å². The molecule has 0 bridgehead atoms. The van der Waals surface area contributed by atoms with Gasteiger partial charge < -0.3 is 10.0 Å². The van der Waals surface area contributed by atoms with Crippen molar-refractivity contribution in [3.05, 3.63) is 42.1 Å². The summed E-state index contributed by atoms with van der Waals surface area (Å²) in [6, 6.07) is 9.88. The van der Waals surface area contributed by atoms with Crippen LogP contribution in [-0.4, -0.2) is 34.6 Å². The number of aliphatic hydroxyl groups is 1. The van der Waals surface area contributed by atoms with E-state index in [9.17, 15) is 5.11 Å². The van der Waals surface area contributed by atoms with Crippen molar-refractivity contribution in [2.24, 2.45) is 0 Å². The number of aliphatic hydroxyl groups excluding tert-OH is 1. The average molecular weight is 244 g/mol. The van der Waals surface area contributed by atoms with Crippen LogP contribution in [-0.2, 0) is 0 Å². The second-order valence-electron chi connectivity index (χ2n) is 5.41. The van der Waals surface area contributed by atoms with Crippen LogP contribution in [0, 0.1) is 0 Å². The Kier molecular flexibility index (Phi) is 3.37. The molecule has 2 rings (SSSR count). The van der Waals surface area contributed by atoms with Crippen molar-refractivity contribution in [1.29, 1.82) is 0 Å². The summed E-state index contributed by atoms with van der Waals surface area (Å²) < 4.78 is 0. The molecule has 0 spiro atoms. The number of rotatable bonds is 3. The van der Waals surface area contributed by atoms with Crippen molar-refractivity contribution >= 4 is 10.9 Å². The SMILES string of the molecule is CN(C)C(C)(C)C(O)c1ccc2cccnc2c1. The molecule has 0 aliphatic carbocycles. The van der Waals surface area contributed by atoms with Crippen LogP contribution < -0.4 is 0 Å². The molecule has 96 valence electrons. The van der Waals surface area contributed by atoms with E-state index in [0.29, 0.717) is 0 Å². The molecule has 0 amide bonds. The van der Waals surface area contributed by atoms with Gasteiger partial charge in [-0.15, -0.1) is 0 Å². The molecule has 0 saturated heterocycles. The fourth-order valence-electron chi connectivity index (χ4n) is 1.91. The molecule has 1 aromatic carbocycles. The van der Waals surface area contributed by atoms with Gasteiger partial charge in [-0.2, -0.15) is 0 Å². The summed E-state index contributed by atoms with van der Waals surface area (Å²) in [5, 5.41) is 11.6. The number of fused-ring (bicyclic) bond motifs is 1. The number of nitrogens with zero attached hydrogens (tertiary/aromatic N) is 2. The number of aromatic nitrogens is 1. The number of hydrogen-bond donors (Lipinski definition) is 1. The van der Waals surface area contributed by atoms with Crippen molar-refractivity contribution in [3.63, 3.8) is 0 Å². The third kappa shape index (κ3) is 2.24. The first-order valence-corrected chi connectivity index (χ1v) is 6.13. The smallest absolute Gasteiger partial charge is 0.0968 e. The lowest BCUT2D eigenvalue weighted by molar-refractivity contribution is 0.0165. The maximum Gasteiger partial charge on any atom is 0.0968 e. The van der Waals surface area contributed by atoms with Crippen LogP contribution in [0.1, 0.15) is 25.5 Å². The molecular formula is C15H20N2O. The standard InChI is InChI=1S/C15H20N2O/c1-15(2,17(3)4)14(18)12-8-7-11-6-5-9-16-13(11)10-12/h5-10,14,18H,1-4H3. The highest BCUT2D eigenvalue weighted by Gasteiger charge is 2.31. The van der Waals surface area contributed by atoms with Gasteiger partial charge in [0.05, 0.1) is 11.6 Å². The molecule has 0 radical (unpaired) electrons. The average Bonchev–Trinajstić information content (AvgIpc) is 2.37. The fraction of sp³-hybridized carbons (Fsp3) is 0.400. The van der Waals surface area contributed by atoms with Crippen LogP contribution in [0.15, 0.2) is 36.5 Å². The number of pyridine rings is 1. The maximum atomic E-state index is 10.5. The number of benzene rings is 1. The van der Waals surface area contributed by atoms with Gasteiger partial charge in [-0.25, -0.2) is 0 Å². The van der Waals surface area contributed by atoms with E-state index in [1.165, 1.54) is 0 Å². The number of hydrogen-bond acceptors (Lipinski definition) is 3. The molecule has 0 aliphatic heterocycles. The molecule has 1 atom stereocenters. The Morgan fingerprint density at radius 3 is 2.61 bits per heavy atom. The molecule has 1 heterocycles. The molecule has 1 unspecified atom stereocenters. The van der Waals surface area contributed by atoms with Gasteiger partial charge >= 0.3 is 0 Å². The summed E-state index contributed by atoms with van der Waals surface area (Å²) in [6.07, 6.45) is 1.23. The van der Waals surface area contributed by atoms with Gasteiger partial charge in [-0.3, -0.25) is 4.98 Å². The van der Waals surface area contributed by atoms with Crippen LogP contribution in [0.3, 0.4) is 0 Å². The highest BCUT2D eigenvalue weighted by molar-refractivity contribution is 5.78. The fourth-order valence-corrected chi connectivity index (χ4v) is 1.91. The second kappa shape index (κ2) is 4.67. The topological polar surface area (TPSA) is 36.4 Å². The minimum atomic E-state index is -0.543. The highest BCUT2D eigenvalue weighted by atomic mass is 16.3. The molecule has 1 aromatic heterocycles. The van der Waals surface area contributed by atoms with E-state index >= 15 is 0 Å². The Morgan fingerprint density at radius 2 is 1.94 bits per heavy atom. The lowest BCUT2D eigenvalue weighted by Crippen LogP contribution is -2.43. The van der Waals surface area contributed by atoms with Crippen LogP contribution in [0.25, 0.3) is 10.9 Å². The highest BCUT2D eigenvalue weighted by Crippen LogP contribution is 2.30. The first-order chi connectivity index (χ1) is 8.43. The van der Waals surface area contributed by atoms with Crippen molar-refractivity contribution in [2.75, 3.05) is 14.1 Å². The molecular weight excluding hydrogens is 224 g/mol. The Morgan fingerprint density at radius 1 is 1.22 bits per heavy atom. The second-order valence-corrected chi connectivity index (χ2v) is 5.41. The Labute approximate surface area is 108 Å². The zero-order chi connectivity index (χ0) is 13.3. The van der Waals surface area contributed by atoms with Crippen LogP contribution in [0.5, 0.6) is 0 Å². The summed E-state index contributed by atoms with van der Waals surface area (Å²) in [4.78, 5) is 6.35.